The van der Waals surface area contributed by atoms with Crippen LogP contribution in [0.1, 0.15) is 30.5 Å². The van der Waals surface area contributed by atoms with Gasteiger partial charge in [-0.25, -0.2) is 0 Å². The first kappa shape index (κ1) is 14.3. The molecule has 0 unspecified atom stereocenters. The van der Waals surface area contributed by atoms with Crippen LogP contribution in [0.5, 0.6) is 0 Å². The van der Waals surface area contributed by atoms with Crippen molar-refractivity contribution in [2.75, 3.05) is 0 Å². The Morgan fingerprint density at radius 1 is 1.10 bits per heavy atom. The van der Waals surface area contributed by atoms with Gasteiger partial charge in [0.1, 0.15) is 0 Å². The van der Waals surface area contributed by atoms with E-state index in [2.05, 4.69) is 61.8 Å². The fourth-order valence-electron chi connectivity index (χ4n) is 1.98. The van der Waals surface area contributed by atoms with E-state index in [9.17, 15) is 0 Å². The van der Waals surface area contributed by atoms with Crippen LogP contribution in [-0.2, 0) is 6.42 Å². The summed E-state index contributed by atoms with van der Waals surface area (Å²) in [6.07, 6.45) is 8.88. The summed E-state index contributed by atoms with van der Waals surface area (Å²) in [4.78, 5) is 4.03. The highest BCUT2D eigenvalue weighted by Gasteiger charge is 2.00. The second-order valence-electron chi connectivity index (χ2n) is 5.36. The molecule has 0 aliphatic rings. The predicted molar refractivity (Wildman–Crippen MR) is 87.3 cm³/mol. The number of aromatic nitrogens is 1. The van der Waals surface area contributed by atoms with Gasteiger partial charge in [0.25, 0.3) is 0 Å². The highest BCUT2D eigenvalue weighted by atomic mass is 14.6. The molecule has 0 bridgehead atoms. The number of nitrogens with zero attached hydrogens (tertiary/aromatic N) is 1. The van der Waals surface area contributed by atoms with E-state index in [1.165, 1.54) is 16.7 Å². The lowest BCUT2D eigenvalue weighted by molar-refractivity contribution is 0.836. The Labute approximate surface area is 121 Å². The van der Waals surface area contributed by atoms with Crippen LogP contribution < -0.4 is 0 Å². The van der Waals surface area contributed by atoms with Crippen molar-refractivity contribution >= 4 is 11.6 Å². The van der Waals surface area contributed by atoms with Crippen molar-refractivity contribution in [2.45, 2.75) is 20.3 Å². The highest BCUT2D eigenvalue weighted by molar-refractivity contribution is 5.67. The zero-order chi connectivity index (χ0) is 14.4. The van der Waals surface area contributed by atoms with Crippen LogP contribution in [0.4, 0.5) is 0 Å². The van der Waals surface area contributed by atoms with Crippen LogP contribution in [0.2, 0.25) is 0 Å². The molecular formula is C19H21N. The smallest absolute Gasteiger partial charge is 0.0270 e. The quantitative estimate of drug-likeness (QED) is 0.739. The first-order valence-electron chi connectivity index (χ1n) is 7.00. The molecule has 0 amide bonds. The average Bonchev–Trinajstić information content (AvgIpc) is 2.46. The molecule has 1 nitrogen and oxygen atoms in total. The topological polar surface area (TPSA) is 12.9 Å². The third kappa shape index (κ3) is 4.20. The highest BCUT2D eigenvalue weighted by Crippen LogP contribution is 2.18. The van der Waals surface area contributed by atoms with E-state index >= 15 is 0 Å². The summed E-state index contributed by atoms with van der Waals surface area (Å²) in [6, 6.07) is 12.6. The first-order chi connectivity index (χ1) is 9.65. The van der Waals surface area contributed by atoms with Crippen LogP contribution in [0, 0.1) is 5.92 Å². The first-order valence-corrected chi connectivity index (χ1v) is 7.00. The molecular weight excluding hydrogens is 242 g/mol. The van der Waals surface area contributed by atoms with Gasteiger partial charge in [0.05, 0.1) is 0 Å². The predicted octanol–water partition coefficient (Wildman–Crippen LogP) is 5.01. The van der Waals surface area contributed by atoms with Crippen molar-refractivity contribution in [3.63, 3.8) is 0 Å². The third-order valence-corrected chi connectivity index (χ3v) is 3.16. The summed E-state index contributed by atoms with van der Waals surface area (Å²) < 4.78 is 0. The third-order valence-electron chi connectivity index (χ3n) is 3.16. The second kappa shape index (κ2) is 6.85. The van der Waals surface area contributed by atoms with Gasteiger partial charge in [0.2, 0.25) is 0 Å². The molecule has 1 aromatic heterocycles. The van der Waals surface area contributed by atoms with E-state index in [1.54, 1.807) is 0 Å². The van der Waals surface area contributed by atoms with E-state index in [1.807, 2.05) is 24.5 Å². The fourth-order valence-corrected chi connectivity index (χ4v) is 1.98. The normalized spacial score (nSPS) is 11.2. The van der Waals surface area contributed by atoms with Gasteiger partial charge < -0.3 is 0 Å². The SMILES string of the molecule is C=C(Cc1ccncc1)c1ccc(/C=C/C(C)C)cc1. The summed E-state index contributed by atoms with van der Waals surface area (Å²) in [5.74, 6) is 0.580. The molecule has 102 valence electrons. The lowest BCUT2D eigenvalue weighted by atomic mass is 9.99. The Morgan fingerprint density at radius 2 is 1.75 bits per heavy atom. The Balaban J connectivity index is 2.04. The minimum atomic E-state index is 0.580. The molecule has 0 N–H and O–H groups in total. The van der Waals surface area contributed by atoms with Gasteiger partial charge >= 0.3 is 0 Å². The van der Waals surface area contributed by atoms with Crippen molar-refractivity contribution in [2.24, 2.45) is 5.92 Å². The molecule has 0 spiro atoms. The van der Waals surface area contributed by atoms with E-state index in [4.69, 9.17) is 0 Å². The summed E-state index contributed by atoms with van der Waals surface area (Å²) in [5.41, 5.74) is 4.81. The molecule has 2 aromatic rings. The molecule has 0 saturated carbocycles. The van der Waals surface area contributed by atoms with Gasteiger partial charge in [0, 0.05) is 12.4 Å². The van der Waals surface area contributed by atoms with E-state index < -0.39 is 0 Å². The molecule has 0 atom stereocenters. The van der Waals surface area contributed by atoms with Gasteiger partial charge in [-0.2, -0.15) is 0 Å². The maximum atomic E-state index is 4.19. The van der Waals surface area contributed by atoms with Crippen LogP contribution in [-0.4, -0.2) is 4.98 Å². The van der Waals surface area contributed by atoms with Crippen LogP contribution in [0.15, 0.2) is 61.4 Å². The van der Waals surface area contributed by atoms with E-state index in [0.717, 1.165) is 12.0 Å². The number of benzene rings is 1. The monoisotopic (exact) mass is 263 g/mol. The maximum Gasteiger partial charge on any atom is 0.0270 e. The Bertz CT molecular complexity index is 577. The molecule has 0 saturated heterocycles. The lowest BCUT2D eigenvalue weighted by Crippen LogP contribution is -1.90. The van der Waals surface area contributed by atoms with Crippen molar-refractivity contribution in [1.29, 1.82) is 0 Å². The van der Waals surface area contributed by atoms with Crippen LogP contribution >= 0.6 is 0 Å². The number of hydrogen-bond acceptors (Lipinski definition) is 1. The van der Waals surface area contributed by atoms with Gasteiger partial charge in [0.15, 0.2) is 0 Å². The molecule has 0 aliphatic carbocycles. The molecule has 1 heteroatoms. The van der Waals surface area contributed by atoms with Gasteiger partial charge in [-0.05, 0) is 46.7 Å². The maximum absolute atomic E-state index is 4.19. The summed E-state index contributed by atoms with van der Waals surface area (Å²) >= 11 is 0. The molecule has 1 heterocycles. The zero-order valence-corrected chi connectivity index (χ0v) is 12.2. The van der Waals surface area contributed by atoms with Crippen LogP contribution in [0.25, 0.3) is 11.6 Å². The lowest BCUT2D eigenvalue weighted by Gasteiger charge is -2.06. The second-order valence-corrected chi connectivity index (χ2v) is 5.36. The van der Waals surface area contributed by atoms with Crippen molar-refractivity contribution < 1.29 is 0 Å². The standard InChI is InChI=1S/C19H21N/c1-15(2)4-5-17-6-8-19(9-7-17)16(3)14-18-10-12-20-13-11-18/h4-13,15H,3,14H2,1-2H3/b5-4+. The summed E-state index contributed by atoms with van der Waals surface area (Å²) in [5, 5.41) is 0. The molecule has 2 rings (SSSR count). The van der Waals surface area contributed by atoms with E-state index in [0.29, 0.717) is 5.92 Å². The fraction of sp³-hybridized carbons (Fsp3) is 0.211. The number of pyridine rings is 1. The van der Waals surface area contributed by atoms with Crippen molar-refractivity contribution in [3.8, 4) is 0 Å². The molecule has 0 radical (unpaired) electrons. The Morgan fingerprint density at radius 3 is 2.35 bits per heavy atom. The largest absolute Gasteiger partial charge is 0.265 e. The Kier molecular flexibility index (Phi) is 4.89. The van der Waals surface area contributed by atoms with Gasteiger partial charge in [-0.3, -0.25) is 4.98 Å². The zero-order valence-electron chi connectivity index (χ0n) is 12.2. The summed E-state index contributed by atoms with van der Waals surface area (Å²) in [7, 11) is 0. The average molecular weight is 263 g/mol. The van der Waals surface area contributed by atoms with Gasteiger partial charge in [-0.15, -0.1) is 0 Å². The minimum absolute atomic E-state index is 0.580. The molecule has 0 aliphatic heterocycles. The Hall–Kier alpha value is -2.15. The van der Waals surface area contributed by atoms with Gasteiger partial charge in [-0.1, -0.05) is 56.8 Å². The van der Waals surface area contributed by atoms with Crippen molar-refractivity contribution in [1.82, 2.24) is 4.98 Å². The molecule has 0 fully saturated rings. The van der Waals surface area contributed by atoms with E-state index in [-0.39, 0.29) is 0 Å². The summed E-state index contributed by atoms with van der Waals surface area (Å²) in [6.45, 7) is 8.55. The number of allylic oxidation sites excluding steroid dienone is 2. The minimum Gasteiger partial charge on any atom is -0.265 e. The van der Waals surface area contributed by atoms with Crippen LogP contribution in [0.3, 0.4) is 0 Å². The van der Waals surface area contributed by atoms with Crippen molar-refractivity contribution in [3.05, 3.63) is 78.1 Å². The molecule has 20 heavy (non-hydrogen) atoms. The number of hydrogen-bond donors (Lipinski definition) is 0. The molecule has 1 aromatic carbocycles. The number of rotatable bonds is 5.